The van der Waals surface area contributed by atoms with Crippen LogP contribution in [-0.2, 0) is 16.1 Å². The predicted molar refractivity (Wildman–Crippen MR) is 59.6 cm³/mol. The van der Waals surface area contributed by atoms with E-state index in [1.54, 1.807) is 6.07 Å². The van der Waals surface area contributed by atoms with Gasteiger partial charge in [-0.15, -0.1) is 0 Å². The maximum Gasteiger partial charge on any atom is 0.242 e. The molecule has 0 unspecified atom stereocenters. The molecule has 1 fully saturated rings. The summed E-state index contributed by atoms with van der Waals surface area (Å²) in [6, 6.07) is 4.44. The minimum atomic E-state index is -0.334. The van der Waals surface area contributed by atoms with Crippen LogP contribution in [0.5, 0.6) is 0 Å². The molecule has 17 heavy (non-hydrogen) atoms. The second-order valence-corrected chi connectivity index (χ2v) is 4.10. The van der Waals surface area contributed by atoms with Gasteiger partial charge in [-0.25, -0.2) is 4.39 Å². The average molecular weight is 236 g/mol. The van der Waals surface area contributed by atoms with Crippen LogP contribution in [0.1, 0.15) is 11.1 Å². The van der Waals surface area contributed by atoms with Gasteiger partial charge in [0.25, 0.3) is 0 Å². The number of halogens is 1. The Hall–Kier alpha value is -1.91. The molecule has 0 bridgehead atoms. The van der Waals surface area contributed by atoms with Crippen molar-refractivity contribution in [2.24, 2.45) is 0 Å². The van der Waals surface area contributed by atoms with Crippen LogP contribution in [0.25, 0.3) is 0 Å². The number of hydrogen-bond donors (Lipinski definition) is 1. The Kier molecular flexibility index (Phi) is 3.08. The summed E-state index contributed by atoms with van der Waals surface area (Å²) in [6.45, 7) is 2.18. The summed E-state index contributed by atoms with van der Waals surface area (Å²) in [5.74, 6) is -0.661. The van der Waals surface area contributed by atoms with E-state index in [1.165, 1.54) is 17.0 Å². The van der Waals surface area contributed by atoms with Crippen LogP contribution in [0.15, 0.2) is 18.2 Å². The first-order valence-corrected chi connectivity index (χ1v) is 5.36. The van der Waals surface area contributed by atoms with Crippen molar-refractivity contribution in [3.05, 3.63) is 35.1 Å². The second kappa shape index (κ2) is 4.53. The standard InChI is InChI=1S/C12H13FN2O2/c1-8-2-3-10(13)4-9(8)6-15-7-11(16)14-5-12(15)17/h2-4H,5-7H2,1H3,(H,14,16). The Morgan fingerprint density at radius 3 is 2.94 bits per heavy atom. The monoisotopic (exact) mass is 236 g/mol. The van der Waals surface area contributed by atoms with E-state index in [0.29, 0.717) is 0 Å². The lowest BCUT2D eigenvalue weighted by atomic mass is 10.1. The van der Waals surface area contributed by atoms with E-state index < -0.39 is 0 Å². The zero-order valence-electron chi connectivity index (χ0n) is 9.50. The summed E-state index contributed by atoms with van der Waals surface area (Å²) in [6.07, 6.45) is 0. The first kappa shape index (κ1) is 11.6. The number of nitrogens with zero attached hydrogens (tertiary/aromatic N) is 1. The molecule has 4 nitrogen and oxygen atoms in total. The van der Waals surface area contributed by atoms with E-state index in [2.05, 4.69) is 5.32 Å². The van der Waals surface area contributed by atoms with Gasteiger partial charge in [-0.2, -0.15) is 0 Å². The maximum absolute atomic E-state index is 13.1. The number of carbonyl (C=O) groups is 2. The molecule has 0 aromatic heterocycles. The molecule has 1 saturated heterocycles. The molecule has 0 radical (unpaired) electrons. The largest absolute Gasteiger partial charge is 0.345 e. The summed E-state index contributed by atoms with van der Waals surface area (Å²) >= 11 is 0. The number of piperazine rings is 1. The molecule has 0 saturated carbocycles. The van der Waals surface area contributed by atoms with Gasteiger partial charge < -0.3 is 10.2 Å². The first-order valence-electron chi connectivity index (χ1n) is 5.36. The smallest absolute Gasteiger partial charge is 0.242 e. The SMILES string of the molecule is Cc1ccc(F)cc1CN1CC(=O)NCC1=O. The number of aryl methyl sites for hydroxylation is 1. The molecule has 0 aliphatic carbocycles. The summed E-state index contributed by atoms with van der Waals surface area (Å²) in [5, 5.41) is 2.47. The third-order valence-corrected chi connectivity index (χ3v) is 2.80. The molecule has 90 valence electrons. The van der Waals surface area contributed by atoms with Gasteiger partial charge >= 0.3 is 0 Å². The molecule has 1 heterocycles. The number of hydrogen-bond acceptors (Lipinski definition) is 2. The van der Waals surface area contributed by atoms with Crippen molar-refractivity contribution >= 4 is 11.8 Å². The zero-order chi connectivity index (χ0) is 12.4. The van der Waals surface area contributed by atoms with E-state index in [9.17, 15) is 14.0 Å². The predicted octanol–water partition coefficient (Wildman–Crippen LogP) is 0.593. The van der Waals surface area contributed by atoms with Gasteiger partial charge in [0.15, 0.2) is 0 Å². The Morgan fingerprint density at radius 1 is 1.41 bits per heavy atom. The molecule has 5 heteroatoms. The lowest BCUT2D eigenvalue weighted by molar-refractivity contribution is -0.141. The summed E-state index contributed by atoms with van der Waals surface area (Å²) < 4.78 is 13.1. The van der Waals surface area contributed by atoms with Crippen LogP contribution in [0.2, 0.25) is 0 Å². The van der Waals surface area contributed by atoms with Gasteiger partial charge in [0, 0.05) is 6.54 Å². The fourth-order valence-corrected chi connectivity index (χ4v) is 1.76. The molecular weight excluding hydrogens is 223 g/mol. The second-order valence-electron chi connectivity index (χ2n) is 4.10. The van der Waals surface area contributed by atoms with Gasteiger partial charge in [0.05, 0.1) is 13.1 Å². The third kappa shape index (κ3) is 2.61. The summed E-state index contributed by atoms with van der Waals surface area (Å²) in [4.78, 5) is 24.2. The molecule has 2 amide bonds. The fourth-order valence-electron chi connectivity index (χ4n) is 1.76. The molecule has 1 aromatic carbocycles. The van der Waals surface area contributed by atoms with Crippen molar-refractivity contribution in [1.82, 2.24) is 10.2 Å². The van der Waals surface area contributed by atoms with Gasteiger partial charge in [-0.05, 0) is 30.2 Å². The number of benzene rings is 1. The van der Waals surface area contributed by atoms with Gasteiger partial charge in [-0.3, -0.25) is 9.59 Å². The molecule has 1 aromatic rings. The summed E-state index contributed by atoms with van der Waals surface area (Å²) in [7, 11) is 0. The Morgan fingerprint density at radius 2 is 2.18 bits per heavy atom. The van der Waals surface area contributed by atoms with Crippen molar-refractivity contribution in [3.8, 4) is 0 Å². The minimum Gasteiger partial charge on any atom is -0.345 e. The van der Waals surface area contributed by atoms with Gasteiger partial charge in [0.2, 0.25) is 11.8 Å². The van der Waals surface area contributed by atoms with E-state index in [0.717, 1.165) is 11.1 Å². The van der Waals surface area contributed by atoms with Crippen LogP contribution in [-0.4, -0.2) is 29.8 Å². The highest BCUT2D eigenvalue weighted by Gasteiger charge is 2.23. The quantitative estimate of drug-likeness (QED) is 0.817. The minimum absolute atomic E-state index is 0.0210. The van der Waals surface area contributed by atoms with Gasteiger partial charge in [0.1, 0.15) is 5.82 Å². The molecule has 2 rings (SSSR count). The Labute approximate surface area is 98.4 Å². The lowest BCUT2D eigenvalue weighted by Gasteiger charge is -2.27. The molecular formula is C12H13FN2O2. The van der Waals surface area contributed by atoms with Crippen LogP contribution >= 0.6 is 0 Å². The lowest BCUT2D eigenvalue weighted by Crippen LogP contribution is -2.51. The molecule has 0 spiro atoms. The number of amides is 2. The van der Waals surface area contributed by atoms with Crippen molar-refractivity contribution in [2.75, 3.05) is 13.1 Å². The highest BCUT2D eigenvalue weighted by Crippen LogP contribution is 2.13. The third-order valence-electron chi connectivity index (χ3n) is 2.80. The Bertz CT molecular complexity index is 474. The fraction of sp³-hybridized carbons (Fsp3) is 0.333. The maximum atomic E-state index is 13.1. The van der Waals surface area contributed by atoms with Crippen molar-refractivity contribution in [2.45, 2.75) is 13.5 Å². The van der Waals surface area contributed by atoms with E-state index in [-0.39, 0.29) is 37.3 Å². The normalized spacial score (nSPS) is 16.0. The van der Waals surface area contributed by atoms with Crippen molar-refractivity contribution in [3.63, 3.8) is 0 Å². The Balaban J connectivity index is 2.16. The van der Waals surface area contributed by atoms with Crippen LogP contribution in [0.4, 0.5) is 4.39 Å². The van der Waals surface area contributed by atoms with Gasteiger partial charge in [-0.1, -0.05) is 6.07 Å². The topological polar surface area (TPSA) is 49.4 Å². The van der Waals surface area contributed by atoms with E-state index >= 15 is 0 Å². The molecule has 1 aliphatic rings. The van der Waals surface area contributed by atoms with Crippen molar-refractivity contribution < 1.29 is 14.0 Å². The van der Waals surface area contributed by atoms with Crippen molar-refractivity contribution in [1.29, 1.82) is 0 Å². The molecule has 1 aliphatic heterocycles. The average Bonchev–Trinajstić information content (AvgIpc) is 2.28. The van der Waals surface area contributed by atoms with E-state index in [4.69, 9.17) is 0 Å². The number of rotatable bonds is 2. The number of carbonyl (C=O) groups excluding carboxylic acids is 2. The van der Waals surface area contributed by atoms with Crippen LogP contribution < -0.4 is 5.32 Å². The number of nitrogens with one attached hydrogen (secondary N) is 1. The molecule has 0 atom stereocenters. The molecule has 1 N–H and O–H groups in total. The summed E-state index contributed by atoms with van der Waals surface area (Å²) in [5.41, 5.74) is 1.64. The van der Waals surface area contributed by atoms with Crippen LogP contribution in [0.3, 0.4) is 0 Å². The van der Waals surface area contributed by atoms with Crippen LogP contribution in [0, 0.1) is 12.7 Å². The highest BCUT2D eigenvalue weighted by atomic mass is 19.1. The van der Waals surface area contributed by atoms with E-state index in [1.807, 2.05) is 6.92 Å². The first-order chi connectivity index (χ1) is 8.06. The zero-order valence-corrected chi connectivity index (χ0v) is 9.50. The highest BCUT2D eigenvalue weighted by molar-refractivity contribution is 5.92.